The molecule has 2 aromatic rings. The second kappa shape index (κ2) is 5.94. The number of hydrogen-bond acceptors (Lipinski definition) is 4. The number of benzene rings is 1. The lowest BCUT2D eigenvalue weighted by Gasteiger charge is -2.06. The number of halogens is 1. The molecule has 0 fully saturated rings. The first-order valence-electron chi connectivity index (χ1n) is 5.72. The fraction of sp³-hybridized carbons (Fsp3) is 0.250. The van der Waals surface area contributed by atoms with Gasteiger partial charge in [0.15, 0.2) is 5.69 Å². The summed E-state index contributed by atoms with van der Waals surface area (Å²) in [5, 5.41) is 16.6. The number of carbonyl (C=O) groups is 1. The molecule has 0 spiro atoms. The quantitative estimate of drug-likeness (QED) is 0.864. The third-order valence-corrected chi connectivity index (χ3v) is 3.20. The van der Waals surface area contributed by atoms with Crippen molar-refractivity contribution in [3.05, 3.63) is 45.7 Å². The van der Waals surface area contributed by atoms with Crippen molar-refractivity contribution in [3.63, 3.8) is 0 Å². The first kappa shape index (κ1) is 13.7. The van der Waals surface area contributed by atoms with Crippen molar-refractivity contribution in [1.29, 1.82) is 0 Å². The van der Waals surface area contributed by atoms with Gasteiger partial charge in [0.1, 0.15) is 0 Å². The Morgan fingerprint density at radius 2 is 2.05 bits per heavy atom. The molecule has 0 aliphatic heterocycles. The van der Waals surface area contributed by atoms with Crippen LogP contribution in [0.5, 0.6) is 0 Å². The lowest BCUT2D eigenvalue weighted by Crippen LogP contribution is -2.14. The van der Waals surface area contributed by atoms with Crippen molar-refractivity contribution in [2.75, 3.05) is 6.54 Å². The lowest BCUT2D eigenvalue weighted by atomic mass is 10.2. The maximum atomic E-state index is 11.0. The zero-order valence-electron chi connectivity index (χ0n) is 10.1. The van der Waals surface area contributed by atoms with Crippen molar-refractivity contribution >= 4 is 21.9 Å². The Labute approximate surface area is 118 Å². The molecule has 0 bridgehead atoms. The second-order valence-corrected chi connectivity index (χ2v) is 4.93. The third-order valence-electron chi connectivity index (χ3n) is 2.67. The van der Waals surface area contributed by atoms with Gasteiger partial charge in [-0.25, -0.2) is 9.48 Å². The molecule has 0 unspecified atom stereocenters. The molecule has 19 heavy (non-hydrogen) atoms. The monoisotopic (exact) mass is 324 g/mol. The third kappa shape index (κ3) is 3.18. The number of aromatic carboxylic acids is 1. The fourth-order valence-electron chi connectivity index (χ4n) is 1.77. The molecule has 1 aromatic heterocycles. The maximum Gasteiger partial charge on any atom is 0.358 e. The number of hydrogen-bond donors (Lipinski definition) is 2. The smallest absolute Gasteiger partial charge is 0.358 e. The second-order valence-electron chi connectivity index (χ2n) is 4.01. The van der Waals surface area contributed by atoms with Gasteiger partial charge in [0.05, 0.1) is 12.2 Å². The van der Waals surface area contributed by atoms with E-state index >= 15 is 0 Å². The number of carboxylic acids is 1. The number of nitrogens with two attached hydrogens (primary N) is 1. The van der Waals surface area contributed by atoms with E-state index in [-0.39, 0.29) is 5.69 Å². The van der Waals surface area contributed by atoms with Crippen LogP contribution in [0.4, 0.5) is 0 Å². The zero-order valence-corrected chi connectivity index (χ0v) is 11.7. The molecule has 0 radical (unpaired) electrons. The van der Waals surface area contributed by atoms with Crippen molar-refractivity contribution in [2.45, 2.75) is 13.0 Å². The summed E-state index contributed by atoms with van der Waals surface area (Å²) in [6.07, 6.45) is 0.436. The lowest BCUT2D eigenvalue weighted by molar-refractivity contribution is 0.0689. The molecule has 7 heteroatoms. The molecule has 0 aliphatic rings. The normalized spacial score (nSPS) is 10.6. The summed E-state index contributed by atoms with van der Waals surface area (Å²) in [5.41, 5.74) is 7.05. The number of nitrogens with zero attached hydrogens (tertiary/aromatic N) is 3. The van der Waals surface area contributed by atoms with Gasteiger partial charge in [-0.3, -0.25) is 0 Å². The Hall–Kier alpha value is -1.73. The minimum atomic E-state index is -1.08. The van der Waals surface area contributed by atoms with Crippen molar-refractivity contribution in [2.24, 2.45) is 5.73 Å². The number of rotatable bonds is 5. The van der Waals surface area contributed by atoms with Crippen LogP contribution < -0.4 is 5.73 Å². The Morgan fingerprint density at radius 1 is 1.37 bits per heavy atom. The highest BCUT2D eigenvalue weighted by Crippen LogP contribution is 2.13. The first-order valence-corrected chi connectivity index (χ1v) is 6.51. The summed E-state index contributed by atoms with van der Waals surface area (Å²) in [5.74, 6) is -1.08. The number of aromatic nitrogens is 3. The van der Waals surface area contributed by atoms with Crippen LogP contribution in [0.15, 0.2) is 28.7 Å². The molecule has 1 aromatic carbocycles. The molecule has 1 heterocycles. The standard InChI is InChI=1S/C12H13BrN4O2/c13-9-3-1-8(2-4-9)7-17-10(5-6-14)11(12(18)19)15-16-17/h1-4H,5-7,14H2,(H,18,19). The van der Waals surface area contributed by atoms with E-state index in [0.717, 1.165) is 10.0 Å². The molecule has 3 N–H and O–H groups in total. The topological polar surface area (TPSA) is 94.0 Å². The molecule has 0 amide bonds. The van der Waals surface area contributed by atoms with E-state index in [1.54, 1.807) is 4.68 Å². The molecule has 2 rings (SSSR count). The van der Waals surface area contributed by atoms with Crippen LogP contribution >= 0.6 is 15.9 Å². The summed E-state index contributed by atoms with van der Waals surface area (Å²) in [7, 11) is 0. The average Bonchev–Trinajstić information content (AvgIpc) is 2.76. The van der Waals surface area contributed by atoms with Gasteiger partial charge in [0, 0.05) is 10.9 Å². The van der Waals surface area contributed by atoms with E-state index in [2.05, 4.69) is 26.2 Å². The van der Waals surface area contributed by atoms with Crippen LogP contribution in [0, 0.1) is 0 Å². The van der Waals surface area contributed by atoms with Crippen molar-refractivity contribution in [3.8, 4) is 0 Å². The molecule has 100 valence electrons. The van der Waals surface area contributed by atoms with Gasteiger partial charge in [-0.15, -0.1) is 5.10 Å². The Kier molecular flexibility index (Phi) is 4.28. The Bertz CT molecular complexity index is 580. The Balaban J connectivity index is 2.29. The van der Waals surface area contributed by atoms with Gasteiger partial charge in [0.2, 0.25) is 0 Å². The van der Waals surface area contributed by atoms with E-state index in [0.29, 0.717) is 25.2 Å². The van der Waals surface area contributed by atoms with Crippen LogP contribution in [-0.2, 0) is 13.0 Å². The molecule has 0 saturated carbocycles. The largest absolute Gasteiger partial charge is 0.476 e. The van der Waals surface area contributed by atoms with Gasteiger partial charge in [-0.05, 0) is 24.2 Å². The molecular weight excluding hydrogens is 312 g/mol. The van der Waals surface area contributed by atoms with E-state index in [4.69, 9.17) is 10.8 Å². The number of carboxylic acid groups (broad SMARTS) is 1. The molecule has 0 aliphatic carbocycles. The summed E-state index contributed by atoms with van der Waals surface area (Å²) in [4.78, 5) is 11.0. The summed E-state index contributed by atoms with van der Waals surface area (Å²) >= 11 is 3.36. The van der Waals surface area contributed by atoms with Crippen LogP contribution in [0.3, 0.4) is 0 Å². The van der Waals surface area contributed by atoms with Crippen LogP contribution in [0.25, 0.3) is 0 Å². The van der Waals surface area contributed by atoms with Crippen LogP contribution in [0.1, 0.15) is 21.7 Å². The van der Waals surface area contributed by atoms with E-state index in [1.807, 2.05) is 24.3 Å². The van der Waals surface area contributed by atoms with Gasteiger partial charge in [0.25, 0.3) is 0 Å². The highest BCUT2D eigenvalue weighted by atomic mass is 79.9. The van der Waals surface area contributed by atoms with Gasteiger partial charge in [-0.2, -0.15) is 0 Å². The van der Waals surface area contributed by atoms with Crippen molar-refractivity contribution in [1.82, 2.24) is 15.0 Å². The first-order chi connectivity index (χ1) is 9.11. The summed E-state index contributed by atoms with van der Waals surface area (Å²) in [6.45, 7) is 0.830. The van der Waals surface area contributed by atoms with Gasteiger partial charge >= 0.3 is 5.97 Å². The molecular formula is C12H13BrN4O2. The average molecular weight is 325 g/mol. The summed E-state index contributed by atoms with van der Waals surface area (Å²) in [6, 6.07) is 7.73. The molecule has 0 atom stereocenters. The molecule has 6 nitrogen and oxygen atoms in total. The SMILES string of the molecule is NCCc1c(C(=O)O)nnn1Cc1ccc(Br)cc1. The van der Waals surface area contributed by atoms with Crippen LogP contribution in [-0.4, -0.2) is 32.6 Å². The predicted octanol–water partition coefficient (Wildman–Crippen LogP) is 1.29. The minimum absolute atomic E-state index is 0.0254. The fourth-order valence-corrected chi connectivity index (χ4v) is 2.04. The zero-order chi connectivity index (χ0) is 13.8. The van der Waals surface area contributed by atoms with E-state index in [1.165, 1.54) is 0 Å². The maximum absolute atomic E-state index is 11.0. The highest BCUT2D eigenvalue weighted by molar-refractivity contribution is 9.10. The predicted molar refractivity (Wildman–Crippen MR) is 73.0 cm³/mol. The van der Waals surface area contributed by atoms with Crippen LogP contribution in [0.2, 0.25) is 0 Å². The van der Waals surface area contributed by atoms with Crippen molar-refractivity contribution < 1.29 is 9.90 Å². The molecule has 0 saturated heterocycles. The summed E-state index contributed by atoms with van der Waals surface area (Å²) < 4.78 is 2.57. The Morgan fingerprint density at radius 3 is 2.63 bits per heavy atom. The van der Waals surface area contributed by atoms with E-state index < -0.39 is 5.97 Å². The van der Waals surface area contributed by atoms with Gasteiger partial charge < -0.3 is 10.8 Å². The van der Waals surface area contributed by atoms with Gasteiger partial charge in [-0.1, -0.05) is 33.3 Å². The highest BCUT2D eigenvalue weighted by Gasteiger charge is 2.18. The van der Waals surface area contributed by atoms with E-state index in [9.17, 15) is 4.79 Å². The minimum Gasteiger partial charge on any atom is -0.476 e.